The van der Waals surface area contributed by atoms with Crippen molar-refractivity contribution in [2.75, 3.05) is 6.54 Å². The first-order chi connectivity index (χ1) is 5.07. The van der Waals surface area contributed by atoms with Gasteiger partial charge in [0.15, 0.2) is 11.3 Å². The molecular formula is C6H8N2O3. The molecule has 11 heavy (non-hydrogen) atoms. The van der Waals surface area contributed by atoms with Crippen molar-refractivity contribution in [2.45, 2.75) is 5.54 Å². The van der Waals surface area contributed by atoms with Crippen LogP contribution >= 0.6 is 0 Å². The van der Waals surface area contributed by atoms with Crippen molar-refractivity contribution >= 4 is 11.8 Å². The van der Waals surface area contributed by atoms with Crippen LogP contribution in [0.4, 0.5) is 0 Å². The topological polar surface area (TPSA) is 92.4 Å². The van der Waals surface area contributed by atoms with Crippen molar-refractivity contribution in [3.05, 3.63) is 12.3 Å². The molecule has 0 radical (unpaired) electrons. The summed E-state index contributed by atoms with van der Waals surface area (Å²) in [5.74, 6) is -1.89. The van der Waals surface area contributed by atoms with Crippen LogP contribution in [0.15, 0.2) is 12.3 Å². The highest BCUT2D eigenvalue weighted by Gasteiger charge is 2.41. The van der Waals surface area contributed by atoms with Gasteiger partial charge < -0.3 is 16.2 Å². The molecule has 1 aliphatic rings. The molecule has 0 aromatic heterocycles. The maximum Gasteiger partial charge on any atom is 0.333 e. The highest BCUT2D eigenvalue weighted by molar-refractivity contribution is 6.13. The van der Waals surface area contributed by atoms with E-state index in [4.69, 9.17) is 10.8 Å². The van der Waals surface area contributed by atoms with Gasteiger partial charge in [-0.25, -0.2) is 4.79 Å². The van der Waals surface area contributed by atoms with Crippen LogP contribution in [0.25, 0.3) is 0 Å². The molecule has 0 aromatic rings. The number of ketones is 1. The number of carboxylic acid groups (broad SMARTS) is 1. The molecular weight excluding hydrogens is 148 g/mol. The number of aliphatic carboxylic acids is 1. The molecule has 5 heteroatoms. The number of rotatable bonds is 1. The highest BCUT2D eigenvalue weighted by Crippen LogP contribution is 2.05. The minimum Gasteiger partial charge on any atom is -0.479 e. The molecule has 0 aromatic carbocycles. The van der Waals surface area contributed by atoms with Crippen molar-refractivity contribution < 1.29 is 14.7 Å². The van der Waals surface area contributed by atoms with Gasteiger partial charge in [0.2, 0.25) is 0 Å². The quantitative estimate of drug-likeness (QED) is 0.400. The van der Waals surface area contributed by atoms with E-state index in [0.29, 0.717) is 0 Å². The van der Waals surface area contributed by atoms with Crippen LogP contribution in [0.5, 0.6) is 0 Å². The number of carbonyl (C=O) groups excluding carboxylic acids is 1. The Hall–Kier alpha value is -1.36. The monoisotopic (exact) mass is 156 g/mol. The Balaban J connectivity index is 2.94. The van der Waals surface area contributed by atoms with Gasteiger partial charge in [0.25, 0.3) is 0 Å². The van der Waals surface area contributed by atoms with E-state index < -0.39 is 17.3 Å². The third-order valence-electron chi connectivity index (χ3n) is 1.55. The highest BCUT2D eigenvalue weighted by atomic mass is 16.4. The van der Waals surface area contributed by atoms with E-state index >= 15 is 0 Å². The van der Waals surface area contributed by atoms with Gasteiger partial charge in [-0.1, -0.05) is 0 Å². The Morgan fingerprint density at radius 1 is 1.82 bits per heavy atom. The number of carbonyl (C=O) groups is 2. The molecule has 1 rings (SSSR count). The summed E-state index contributed by atoms with van der Waals surface area (Å²) in [4.78, 5) is 21.4. The lowest BCUT2D eigenvalue weighted by atomic mass is 9.93. The predicted octanol–water partition coefficient (Wildman–Crippen LogP) is -1.55. The Labute approximate surface area is 62.9 Å². The SMILES string of the molecule is NC1(C(=O)O)CNC=CC1=O. The van der Waals surface area contributed by atoms with Gasteiger partial charge in [-0.3, -0.25) is 4.79 Å². The van der Waals surface area contributed by atoms with Gasteiger partial charge in [0, 0.05) is 6.20 Å². The lowest BCUT2D eigenvalue weighted by molar-refractivity contribution is -0.146. The summed E-state index contributed by atoms with van der Waals surface area (Å²) in [5.41, 5.74) is 3.50. The van der Waals surface area contributed by atoms with Gasteiger partial charge in [0.05, 0.1) is 6.54 Å². The molecule has 0 saturated carbocycles. The molecule has 1 aliphatic heterocycles. The van der Waals surface area contributed by atoms with E-state index in [1.54, 1.807) is 0 Å². The van der Waals surface area contributed by atoms with Crippen LogP contribution in [0.2, 0.25) is 0 Å². The zero-order chi connectivity index (χ0) is 8.48. The molecule has 0 fully saturated rings. The number of hydrogen-bond acceptors (Lipinski definition) is 4. The standard InChI is InChI=1S/C6H8N2O3/c7-6(5(10)11)3-8-2-1-4(6)9/h1-2,8H,3,7H2,(H,10,11). The smallest absolute Gasteiger partial charge is 0.333 e. The normalized spacial score (nSPS) is 29.7. The molecule has 0 amide bonds. The van der Waals surface area contributed by atoms with Gasteiger partial charge in [-0.2, -0.15) is 0 Å². The third kappa shape index (κ3) is 1.10. The predicted molar refractivity (Wildman–Crippen MR) is 36.7 cm³/mol. The van der Waals surface area contributed by atoms with E-state index in [0.717, 1.165) is 6.08 Å². The minimum absolute atomic E-state index is 0.0579. The summed E-state index contributed by atoms with van der Waals surface area (Å²) in [6.45, 7) is -0.0579. The lowest BCUT2D eigenvalue weighted by Crippen LogP contribution is -2.61. The maximum absolute atomic E-state index is 10.9. The van der Waals surface area contributed by atoms with E-state index in [9.17, 15) is 9.59 Å². The Bertz CT molecular complexity index is 236. The molecule has 1 unspecified atom stereocenters. The molecule has 0 saturated heterocycles. The minimum atomic E-state index is -1.78. The first-order valence-corrected chi connectivity index (χ1v) is 3.04. The van der Waals surface area contributed by atoms with Crippen LogP contribution < -0.4 is 11.1 Å². The fourth-order valence-corrected chi connectivity index (χ4v) is 0.771. The first kappa shape index (κ1) is 7.74. The van der Waals surface area contributed by atoms with Gasteiger partial charge >= 0.3 is 5.97 Å². The van der Waals surface area contributed by atoms with Crippen molar-refractivity contribution in [3.63, 3.8) is 0 Å². The summed E-state index contributed by atoms with van der Waals surface area (Å²) in [5, 5.41) is 11.1. The van der Waals surface area contributed by atoms with E-state index in [1.807, 2.05) is 0 Å². The Morgan fingerprint density at radius 3 is 2.82 bits per heavy atom. The number of nitrogens with one attached hydrogen (secondary N) is 1. The third-order valence-corrected chi connectivity index (χ3v) is 1.55. The lowest BCUT2D eigenvalue weighted by Gasteiger charge is -2.24. The van der Waals surface area contributed by atoms with Gasteiger partial charge in [-0.05, 0) is 6.08 Å². The summed E-state index contributed by atoms with van der Waals surface area (Å²) >= 11 is 0. The molecule has 0 spiro atoms. The van der Waals surface area contributed by atoms with Crippen LogP contribution in [0.1, 0.15) is 0 Å². The van der Waals surface area contributed by atoms with E-state index in [1.165, 1.54) is 6.20 Å². The zero-order valence-corrected chi connectivity index (χ0v) is 5.70. The largest absolute Gasteiger partial charge is 0.479 e. The second-order valence-corrected chi connectivity index (χ2v) is 2.35. The summed E-state index contributed by atoms with van der Waals surface area (Å²) in [6, 6.07) is 0. The summed E-state index contributed by atoms with van der Waals surface area (Å²) in [6.07, 6.45) is 2.51. The first-order valence-electron chi connectivity index (χ1n) is 3.04. The van der Waals surface area contributed by atoms with Crippen LogP contribution in [0, 0.1) is 0 Å². The molecule has 1 heterocycles. The number of nitrogens with two attached hydrogens (primary N) is 1. The zero-order valence-electron chi connectivity index (χ0n) is 5.70. The molecule has 5 nitrogen and oxygen atoms in total. The Kier molecular flexibility index (Phi) is 1.66. The number of carboxylic acids is 1. The van der Waals surface area contributed by atoms with Crippen molar-refractivity contribution in [1.82, 2.24) is 5.32 Å². The van der Waals surface area contributed by atoms with E-state index in [-0.39, 0.29) is 6.54 Å². The van der Waals surface area contributed by atoms with E-state index in [2.05, 4.69) is 5.32 Å². The molecule has 1 atom stereocenters. The number of hydrogen-bond donors (Lipinski definition) is 3. The van der Waals surface area contributed by atoms with Gasteiger partial charge in [0.1, 0.15) is 0 Å². The fraction of sp³-hybridized carbons (Fsp3) is 0.333. The fourth-order valence-electron chi connectivity index (χ4n) is 0.771. The van der Waals surface area contributed by atoms with Crippen molar-refractivity contribution in [1.29, 1.82) is 0 Å². The maximum atomic E-state index is 10.9. The second-order valence-electron chi connectivity index (χ2n) is 2.35. The van der Waals surface area contributed by atoms with Crippen LogP contribution in [0.3, 0.4) is 0 Å². The summed E-state index contributed by atoms with van der Waals surface area (Å²) in [7, 11) is 0. The average Bonchev–Trinajstić information content (AvgIpc) is 1.95. The van der Waals surface area contributed by atoms with Crippen LogP contribution in [-0.2, 0) is 9.59 Å². The average molecular weight is 156 g/mol. The van der Waals surface area contributed by atoms with Crippen molar-refractivity contribution in [3.8, 4) is 0 Å². The van der Waals surface area contributed by atoms with Crippen LogP contribution in [-0.4, -0.2) is 28.9 Å². The summed E-state index contributed by atoms with van der Waals surface area (Å²) < 4.78 is 0. The molecule has 0 aliphatic carbocycles. The second kappa shape index (κ2) is 2.35. The van der Waals surface area contributed by atoms with Gasteiger partial charge in [-0.15, -0.1) is 0 Å². The molecule has 4 N–H and O–H groups in total. The molecule has 60 valence electrons. The molecule has 0 bridgehead atoms. The van der Waals surface area contributed by atoms with Crippen molar-refractivity contribution in [2.24, 2.45) is 5.73 Å². The Morgan fingerprint density at radius 2 is 2.45 bits per heavy atom.